The molecule has 1 heterocycles. The van der Waals surface area contributed by atoms with E-state index in [1.165, 1.54) is 12.1 Å². The second-order valence-electron chi connectivity index (χ2n) is 8.45. The molecular formula is C27H27ClFNO4. The van der Waals surface area contributed by atoms with Crippen LogP contribution in [0.2, 0.25) is 5.02 Å². The Bertz CT molecular complexity index is 1140. The number of ether oxygens (including phenoxy) is 2. The van der Waals surface area contributed by atoms with Gasteiger partial charge in [0.2, 0.25) is 0 Å². The summed E-state index contributed by atoms with van der Waals surface area (Å²) in [7, 11) is 0. The van der Waals surface area contributed by atoms with E-state index in [1.54, 1.807) is 19.1 Å². The van der Waals surface area contributed by atoms with Gasteiger partial charge in [0.05, 0.1) is 12.2 Å². The van der Waals surface area contributed by atoms with Crippen molar-refractivity contribution in [2.75, 3.05) is 19.8 Å². The van der Waals surface area contributed by atoms with Crippen molar-refractivity contribution in [3.63, 3.8) is 0 Å². The number of carbonyl (C=O) groups is 2. The molecule has 178 valence electrons. The molecule has 0 aromatic heterocycles. The largest absolute Gasteiger partial charge is 0.460 e. The van der Waals surface area contributed by atoms with E-state index in [1.807, 2.05) is 31.2 Å². The Morgan fingerprint density at radius 2 is 1.74 bits per heavy atom. The Morgan fingerprint density at radius 1 is 1.06 bits per heavy atom. The number of ketones is 1. The maximum Gasteiger partial charge on any atom is 0.336 e. The molecule has 0 fully saturated rings. The first-order valence-electron chi connectivity index (χ1n) is 11.4. The maximum absolute atomic E-state index is 13.7. The lowest BCUT2D eigenvalue weighted by atomic mass is 9.72. The van der Waals surface area contributed by atoms with Gasteiger partial charge < -0.3 is 14.8 Å². The molecule has 2 aromatic carbocycles. The Morgan fingerprint density at radius 3 is 2.41 bits per heavy atom. The summed E-state index contributed by atoms with van der Waals surface area (Å²) in [5.74, 6) is -1.58. The number of rotatable bonds is 7. The van der Waals surface area contributed by atoms with Crippen LogP contribution in [0.15, 0.2) is 71.1 Å². The summed E-state index contributed by atoms with van der Waals surface area (Å²) in [6.45, 7) is 4.59. The number of dihydropyridines is 1. The molecule has 2 atom stereocenters. The quantitative estimate of drug-likeness (QED) is 0.421. The fourth-order valence-corrected chi connectivity index (χ4v) is 4.81. The molecule has 4 rings (SSSR count). The van der Waals surface area contributed by atoms with Gasteiger partial charge in [0.25, 0.3) is 0 Å². The van der Waals surface area contributed by atoms with Gasteiger partial charge in [-0.25, -0.2) is 9.18 Å². The second kappa shape index (κ2) is 10.5. The normalized spacial score (nSPS) is 20.2. The zero-order valence-corrected chi connectivity index (χ0v) is 20.0. The third-order valence-electron chi connectivity index (χ3n) is 6.26. The van der Waals surface area contributed by atoms with Crippen molar-refractivity contribution in [2.24, 2.45) is 0 Å². The predicted octanol–water partition coefficient (Wildman–Crippen LogP) is 5.42. The Balaban J connectivity index is 1.70. The molecular weight excluding hydrogens is 457 g/mol. The molecule has 0 saturated carbocycles. The second-order valence-corrected chi connectivity index (χ2v) is 8.89. The SMILES string of the molecule is CCOCCOC(=O)C1=C(C)NC2=C(C(=O)C[C@H](c3ccc(Cl)cc3)C2)[C@@H]1c1ccc(F)cc1. The summed E-state index contributed by atoms with van der Waals surface area (Å²) in [4.78, 5) is 26.6. The molecule has 0 spiro atoms. The van der Waals surface area contributed by atoms with Crippen molar-refractivity contribution in [1.82, 2.24) is 5.32 Å². The molecule has 5 nitrogen and oxygen atoms in total. The summed E-state index contributed by atoms with van der Waals surface area (Å²) in [6.07, 6.45) is 0.927. The monoisotopic (exact) mass is 483 g/mol. The topological polar surface area (TPSA) is 64.6 Å². The van der Waals surface area contributed by atoms with E-state index in [0.29, 0.717) is 53.5 Å². The molecule has 0 radical (unpaired) electrons. The Labute approximate surface area is 203 Å². The van der Waals surface area contributed by atoms with Gasteiger partial charge in [-0.1, -0.05) is 35.9 Å². The molecule has 1 aliphatic heterocycles. The Kier molecular flexibility index (Phi) is 7.49. The molecule has 0 saturated heterocycles. The van der Waals surface area contributed by atoms with E-state index in [0.717, 1.165) is 11.3 Å². The summed E-state index contributed by atoms with van der Waals surface area (Å²) in [6, 6.07) is 13.4. The van der Waals surface area contributed by atoms with Crippen LogP contribution in [0, 0.1) is 5.82 Å². The fourth-order valence-electron chi connectivity index (χ4n) is 4.68. The smallest absolute Gasteiger partial charge is 0.336 e. The average Bonchev–Trinajstić information content (AvgIpc) is 2.81. The van der Waals surface area contributed by atoms with Gasteiger partial charge in [-0.3, -0.25) is 4.79 Å². The third-order valence-corrected chi connectivity index (χ3v) is 6.51. The van der Waals surface area contributed by atoms with Crippen LogP contribution < -0.4 is 5.32 Å². The van der Waals surface area contributed by atoms with E-state index in [9.17, 15) is 14.0 Å². The predicted molar refractivity (Wildman–Crippen MR) is 128 cm³/mol. The summed E-state index contributed by atoms with van der Waals surface area (Å²) in [5, 5.41) is 3.95. The standard InChI is InChI=1S/C27H27ClFNO4/c1-3-33-12-13-34-27(32)24-16(2)30-22-14-19(17-4-8-20(28)9-5-17)15-23(31)26(22)25(24)18-6-10-21(29)11-7-18/h4-11,19,25,30H,3,12-15H2,1-2H3/t19-,25-/m1/s1. The molecule has 34 heavy (non-hydrogen) atoms. The molecule has 0 bridgehead atoms. The number of hydrogen-bond acceptors (Lipinski definition) is 5. The van der Waals surface area contributed by atoms with Gasteiger partial charge in [0.15, 0.2) is 5.78 Å². The van der Waals surface area contributed by atoms with Gasteiger partial charge in [0, 0.05) is 40.9 Å². The molecule has 0 unspecified atom stereocenters. The number of benzene rings is 2. The van der Waals surface area contributed by atoms with Crippen LogP contribution in [0.1, 0.15) is 49.7 Å². The van der Waals surface area contributed by atoms with Gasteiger partial charge >= 0.3 is 5.97 Å². The minimum Gasteiger partial charge on any atom is -0.460 e. The van der Waals surface area contributed by atoms with Gasteiger partial charge in [-0.05, 0) is 61.6 Å². The summed E-state index contributed by atoms with van der Waals surface area (Å²) in [5.41, 5.74) is 4.02. The number of Topliss-reactive ketones (excluding diaryl/α,β-unsaturated/α-hetero) is 1. The highest BCUT2D eigenvalue weighted by atomic mass is 35.5. The van der Waals surface area contributed by atoms with Crippen molar-refractivity contribution in [2.45, 2.75) is 38.5 Å². The molecule has 1 aliphatic carbocycles. The zero-order valence-electron chi connectivity index (χ0n) is 19.2. The van der Waals surface area contributed by atoms with E-state index in [2.05, 4.69) is 5.32 Å². The third kappa shape index (κ3) is 5.08. The highest BCUT2D eigenvalue weighted by molar-refractivity contribution is 6.30. The van der Waals surface area contributed by atoms with Crippen LogP contribution in [0.5, 0.6) is 0 Å². The lowest BCUT2D eigenvalue weighted by Gasteiger charge is -2.36. The number of allylic oxidation sites excluding steroid dienone is 3. The van der Waals surface area contributed by atoms with Crippen molar-refractivity contribution < 1.29 is 23.5 Å². The number of hydrogen-bond donors (Lipinski definition) is 1. The molecule has 2 aromatic rings. The van der Waals surface area contributed by atoms with Crippen LogP contribution in [0.25, 0.3) is 0 Å². The van der Waals surface area contributed by atoms with E-state index < -0.39 is 11.9 Å². The summed E-state index contributed by atoms with van der Waals surface area (Å²) < 4.78 is 24.4. The minimum absolute atomic E-state index is 0.00243. The van der Waals surface area contributed by atoms with Crippen LogP contribution in [-0.2, 0) is 19.1 Å². The van der Waals surface area contributed by atoms with Gasteiger partial charge in [0.1, 0.15) is 12.4 Å². The first-order valence-corrected chi connectivity index (χ1v) is 11.8. The van der Waals surface area contributed by atoms with Crippen LogP contribution in [0.3, 0.4) is 0 Å². The first kappa shape index (κ1) is 24.2. The van der Waals surface area contributed by atoms with Crippen LogP contribution >= 0.6 is 11.6 Å². The molecule has 2 aliphatic rings. The number of nitrogens with one attached hydrogen (secondary N) is 1. The van der Waals surface area contributed by atoms with E-state index in [-0.39, 0.29) is 24.1 Å². The van der Waals surface area contributed by atoms with E-state index >= 15 is 0 Å². The fraction of sp³-hybridized carbons (Fsp3) is 0.333. The lowest BCUT2D eigenvalue weighted by molar-refractivity contribution is -0.140. The minimum atomic E-state index is -0.630. The highest BCUT2D eigenvalue weighted by Crippen LogP contribution is 2.45. The highest BCUT2D eigenvalue weighted by Gasteiger charge is 2.41. The molecule has 1 N–H and O–H groups in total. The number of carbonyl (C=O) groups excluding carboxylic acids is 2. The molecule has 0 amide bonds. The van der Waals surface area contributed by atoms with Gasteiger partial charge in [-0.15, -0.1) is 0 Å². The number of esters is 1. The van der Waals surface area contributed by atoms with Crippen LogP contribution in [-0.4, -0.2) is 31.6 Å². The van der Waals surface area contributed by atoms with E-state index in [4.69, 9.17) is 21.1 Å². The van der Waals surface area contributed by atoms with Crippen LogP contribution in [0.4, 0.5) is 4.39 Å². The first-order chi connectivity index (χ1) is 16.4. The van der Waals surface area contributed by atoms with Crippen molar-refractivity contribution >= 4 is 23.4 Å². The van der Waals surface area contributed by atoms with Crippen molar-refractivity contribution in [1.29, 1.82) is 0 Å². The molecule has 7 heteroatoms. The maximum atomic E-state index is 13.7. The Hall–Kier alpha value is -2.96. The average molecular weight is 484 g/mol. The summed E-state index contributed by atoms with van der Waals surface area (Å²) >= 11 is 6.03. The number of halogens is 2. The lowest BCUT2D eigenvalue weighted by Crippen LogP contribution is -2.36. The van der Waals surface area contributed by atoms with Crippen molar-refractivity contribution in [3.8, 4) is 0 Å². The van der Waals surface area contributed by atoms with Gasteiger partial charge in [-0.2, -0.15) is 0 Å². The zero-order chi connectivity index (χ0) is 24.2. The van der Waals surface area contributed by atoms with Crippen molar-refractivity contribution in [3.05, 3.63) is 93.0 Å².